The summed E-state index contributed by atoms with van der Waals surface area (Å²) in [6.07, 6.45) is 1.55. The number of piperidine rings is 1. The molecule has 4 heteroatoms. The third-order valence-electron chi connectivity index (χ3n) is 4.87. The molecule has 1 atom stereocenters. The molecule has 0 radical (unpaired) electrons. The highest BCUT2D eigenvalue weighted by atomic mass is 16.2. The Morgan fingerprint density at radius 3 is 2.35 bits per heavy atom. The molecule has 2 aliphatic rings. The minimum atomic E-state index is -0.290. The van der Waals surface area contributed by atoms with Gasteiger partial charge < -0.3 is 9.80 Å². The van der Waals surface area contributed by atoms with Crippen molar-refractivity contribution in [2.24, 2.45) is 5.41 Å². The predicted octanol–water partition coefficient (Wildman–Crippen LogP) is 1.83. The van der Waals surface area contributed by atoms with Gasteiger partial charge in [-0.05, 0) is 18.4 Å². The lowest BCUT2D eigenvalue weighted by molar-refractivity contribution is -0.177. The Bertz CT molecular complexity index is 533. The molecule has 3 rings (SSSR count). The van der Waals surface area contributed by atoms with Crippen molar-refractivity contribution in [1.29, 1.82) is 0 Å². The maximum atomic E-state index is 12.4. The van der Waals surface area contributed by atoms with Crippen LogP contribution in [-0.4, -0.2) is 41.8 Å². The summed E-state index contributed by atoms with van der Waals surface area (Å²) >= 11 is 0. The van der Waals surface area contributed by atoms with Gasteiger partial charge in [0.15, 0.2) is 0 Å². The fraction of sp³-hybridized carbons (Fsp3) is 0.500. The first kappa shape index (κ1) is 13.2. The Balaban J connectivity index is 1.85. The molecule has 1 unspecified atom stereocenters. The van der Waals surface area contributed by atoms with Gasteiger partial charge in [-0.25, -0.2) is 0 Å². The Kier molecular flexibility index (Phi) is 3.04. The van der Waals surface area contributed by atoms with Gasteiger partial charge in [0.2, 0.25) is 11.8 Å². The molecule has 1 aromatic carbocycles. The zero-order valence-electron chi connectivity index (χ0n) is 12.0. The molecule has 2 heterocycles. The number of amides is 2. The van der Waals surface area contributed by atoms with Crippen LogP contribution in [0.25, 0.3) is 0 Å². The number of carbonyl (C=O) groups is 2. The van der Waals surface area contributed by atoms with E-state index < -0.39 is 0 Å². The molecule has 0 aromatic heterocycles. The number of β-lactam (4-membered cyclic amide) rings is 1. The van der Waals surface area contributed by atoms with Crippen LogP contribution in [0.5, 0.6) is 0 Å². The second-order valence-corrected chi connectivity index (χ2v) is 5.89. The molecule has 2 saturated heterocycles. The van der Waals surface area contributed by atoms with Crippen LogP contribution in [-0.2, 0) is 9.59 Å². The van der Waals surface area contributed by atoms with Gasteiger partial charge in [-0.2, -0.15) is 0 Å². The van der Waals surface area contributed by atoms with Gasteiger partial charge >= 0.3 is 0 Å². The topological polar surface area (TPSA) is 40.6 Å². The summed E-state index contributed by atoms with van der Waals surface area (Å²) in [6.45, 7) is 2.98. The molecule has 0 saturated carbocycles. The van der Waals surface area contributed by atoms with Crippen LogP contribution in [0.3, 0.4) is 0 Å². The minimum absolute atomic E-state index is 0.108. The van der Waals surface area contributed by atoms with Crippen LogP contribution in [0.2, 0.25) is 0 Å². The molecule has 2 fully saturated rings. The SMILES string of the molecule is CC(=O)N1CCC2(CC1)C(=O)N(C)C2c1ccccc1. The van der Waals surface area contributed by atoms with E-state index in [9.17, 15) is 9.59 Å². The Hall–Kier alpha value is -1.84. The predicted molar refractivity (Wildman–Crippen MR) is 75.9 cm³/mol. The van der Waals surface area contributed by atoms with Crippen LogP contribution in [0.1, 0.15) is 31.4 Å². The van der Waals surface area contributed by atoms with Crippen molar-refractivity contribution in [3.63, 3.8) is 0 Å². The smallest absolute Gasteiger partial charge is 0.231 e. The van der Waals surface area contributed by atoms with Crippen molar-refractivity contribution >= 4 is 11.8 Å². The fourth-order valence-corrected chi connectivity index (χ4v) is 3.78. The van der Waals surface area contributed by atoms with Gasteiger partial charge in [-0.15, -0.1) is 0 Å². The summed E-state index contributed by atoms with van der Waals surface area (Å²) in [5.41, 5.74) is 0.910. The number of hydrogen-bond acceptors (Lipinski definition) is 2. The normalized spacial score (nSPS) is 24.7. The average molecular weight is 272 g/mol. The summed E-state index contributed by atoms with van der Waals surface area (Å²) in [4.78, 5) is 27.6. The van der Waals surface area contributed by atoms with E-state index in [0.717, 1.165) is 12.8 Å². The van der Waals surface area contributed by atoms with Crippen LogP contribution < -0.4 is 0 Å². The minimum Gasteiger partial charge on any atom is -0.343 e. The van der Waals surface area contributed by atoms with E-state index in [1.807, 2.05) is 35.0 Å². The van der Waals surface area contributed by atoms with Gasteiger partial charge in [0.05, 0.1) is 11.5 Å². The largest absolute Gasteiger partial charge is 0.343 e. The molecule has 2 amide bonds. The van der Waals surface area contributed by atoms with Gasteiger partial charge in [-0.3, -0.25) is 9.59 Å². The maximum absolute atomic E-state index is 12.4. The van der Waals surface area contributed by atoms with E-state index in [0.29, 0.717) is 13.1 Å². The van der Waals surface area contributed by atoms with E-state index in [1.165, 1.54) is 5.56 Å². The highest BCUT2D eigenvalue weighted by Gasteiger charge is 2.60. The monoisotopic (exact) mass is 272 g/mol. The molecule has 106 valence electrons. The van der Waals surface area contributed by atoms with E-state index in [-0.39, 0.29) is 23.3 Å². The van der Waals surface area contributed by atoms with Crippen molar-refractivity contribution in [1.82, 2.24) is 9.80 Å². The molecule has 0 bridgehead atoms. The Morgan fingerprint density at radius 2 is 1.80 bits per heavy atom. The highest BCUT2D eigenvalue weighted by molar-refractivity contribution is 5.91. The first-order valence-electron chi connectivity index (χ1n) is 7.14. The van der Waals surface area contributed by atoms with Crippen molar-refractivity contribution in [2.75, 3.05) is 20.1 Å². The molecule has 2 aliphatic heterocycles. The zero-order valence-corrected chi connectivity index (χ0v) is 12.0. The summed E-state index contributed by atoms with van der Waals surface area (Å²) in [5.74, 6) is 0.339. The van der Waals surface area contributed by atoms with Crippen LogP contribution in [0.15, 0.2) is 30.3 Å². The number of carbonyl (C=O) groups excluding carboxylic acids is 2. The summed E-state index contributed by atoms with van der Waals surface area (Å²) in [7, 11) is 1.88. The van der Waals surface area contributed by atoms with Gasteiger partial charge in [0, 0.05) is 27.1 Å². The average Bonchev–Trinajstić information content (AvgIpc) is 2.48. The van der Waals surface area contributed by atoms with Crippen LogP contribution in [0, 0.1) is 5.41 Å². The quantitative estimate of drug-likeness (QED) is 0.732. The van der Waals surface area contributed by atoms with Crippen molar-refractivity contribution in [3.8, 4) is 0 Å². The number of hydrogen-bond donors (Lipinski definition) is 0. The Labute approximate surface area is 119 Å². The van der Waals surface area contributed by atoms with E-state index >= 15 is 0 Å². The number of nitrogens with zero attached hydrogens (tertiary/aromatic N) is 2. The number of likely N-dealkylation sites (tertiary alicyclic amines) is 2. The van der Waals surface area contributed by atoms with E-state index in [2.05, 4.69) is 12.1 Å². The lowest BCUT2D eigenvalue weighted by Crippen LogP contribution is -2.65. The summed E-state index contributed by atoms with van der Waals surface area (Å²) in [6, 6.07) is 10.4. The standard InChI is InChI=1S/C16H20N2O2/c1-12(19)18-10-8-16(9-11-18)14(17(2)15(16)20)13-6-4-3-5-7-13/h3-7,14H,8-11H2,1-2H3. The molecule has 0 aliphatic carbocycles. The molecule has 20 heavy (non-hydrogen) atoms. The summed E-state index contributed by atoms with van der Waals surface area (Å²) < 4.78 is 0. The van der Waals surface area contributed by atoms with E-state index in [1.54, 1.807) is 6.92 Å². The molecular weight excluding hydrogens is 252 g/mol. The maximum Gasteiger partial charge on any atom is 0.231 e. The van der Waals surface area contributed by atoms with Crippen molar-refractivity contribution in [2.45, 2.75) is 25.8 Å². The van der Waals surface area contributed by atoms with Crippen LogP contribution >= 0.6 is 0 Å². The highest BCUT2D eigenvalue weighted by Crippen LogP contribution is 2.55. The number of rotatable bonds is 1. The van der Waals surface area contributed by atoms with E-state index in [4.69, 9.17) is 0 Å². The van der Waals surface area contributed by atoms with Gasteiger partial charge in [0.1, 0.15) is 0 Å². The number of benzene rings is 1. The second kappa shape index (κ2) is 4.62. The molecular formula is C16H20N2O2. The van der Waals surface area contributed by atoms with Crippen molar-refractivity contribution in [3.05, 3.63) is 35.9 Å². The van der Waals surface area contributed by atoms with Gasteiger partial charge in [-0.1, -0.05) is 30.3 Å². The fourth-order valence-electron chi connectivity index (χ4n) is 3.78. The zero-order chi connectivity index (χ0) is 14.3. The molecule has 1 aromatic rings. The molecule has 4 nitrogen and oxygen atoms in total. The van der Waals surface area contributed by atoms with Gasteiger partial charge in [0.25, 0.3) is 0 Å². The lowest BCUT2D eigenvalue weighted by atomic mass is 9.62. The van der Waals surface area contributed by atoms with Crippen molar-refractivity contribution < 1.29 is 9.59 Å². The lowest BCUT2D eigenvalue weighted by Gasteiger charge is -2.57. The van der Waals surface area contributed by atoms with Crippen LogP contribution in [0.4, 0.5) is 0 Å². The second-order valence-electron chi connectivity index (χ2n) is 5.89. The Morgan fingerprint density at radius 1 is 1.20 bits per heavy atom. The first-order chi connectivity index (χ1) is 9.56. The molecule has 0 N–H and O–H groups in total. The third kappa shape index (κ3) is 1.74. The first-order valence-corrected chi connectivity index (χ1v) is 7.14. The summed E-state index contributed by atoms with van der Waals surface area (Å²) in [5, 5.41) is 0. The third-order valence-corrected chi connectivity index (χ3v) is 4.87. The molecule has 1 spiro atoms.